The quantitative estimate of drug-likeness (QED) is 0.499. The van der Waals surface area contributed by atoms with Gasteiger partial charge in [0.15, 0.2) is 17.5 Å². The van der Waals surface area contributed by atoms with E-state index in [2.05, 4.69) is 48.4 Å². The van der Waals surface area contributed by atoms with E-state index in [0.717, 1.165) is 41.6 Å². The van der Waals surface area contributed by atoms with Gasteiger partial charge in [0.2, 0.25) is 0 Å². The van der Waals surface area contributed by atoms with E-state index in [1.807, 2.05) is 29.9 Å². The van der Waals surface area contributed by atoms with Gasteiger partial charge in [0.1, 0.15) is 0 Å². The zero-order valence-corrected chi connectivity index (χ0v) is 18.8. The van der Waals surface area contributed by atoms with Crippen LogP contribution >= 0.6 is 0 Å². The Morgan fingerprint density at radius 1 is 1.28 bits per heavy atom. The van der Waals surface area contributed by atoms with Crippen LogP contribution in [0.5, 0.6) is 11.5 Å². The molecule has 1 heterocycles. The second-order valence-electron chi connectivity index (χ2n) is 7.28. The van der Waals surface area contributed by atoms with Crippen LogP contribution in [0.1, 0.15) is 42.8 Å². The fourth-order valence-corrected chi connectivity index (χ4v) is 3.24. The van der Waals surface area contributed by atoms with E-state index in [9.17, 15) is 0 Å². The number of rotatable bonds is 9. The molecule has 2 aromatic rings. The van der Waals surface area contributed by atoms with Crippen molar-refractivity contribution >= 4 is 5.96 Å². The smallest absolute Gasteiger partial charge is 0.191 e. The fraction of sp³-hybridized carbons (Fsp3) is 0.545. The highest BCUT2D eigenvalue weighted by Crippen LogP contribution is 2.28. The largest absolute Gasteiger partial charge is 0.493 e. The Kier molecular flexibility index (Phi) is 8.36. The monoisotopic (exact) mass is 401 g/mol. The Hall–Kier alpha value is -2.70. The van der Waals surface area contributed by atoms with Gasteiger partial charge in [-0.3, -0.25) is 9.67 Å². The molecule has 160 valence electrons. The lowest BCUT2D eigenvalue weighted by atomic mass is 10.1. The molecule has 0 saturated heterocycles. The number of hydrogen-bond acceptors (Lipinski definition) is 4. The van der Waals surface area contributed by atoms with Gasteiger partial charge in [0.25, 0.3) is 0 Å². The van der Waals surface area contributed by atoms with Crippen LogP contribution < -0.4 is 20.1 Å². The van der Waals surface area contributed by atoms with Gasteiger partial charge >= 0.3 is 0 Å². The zero-order chi connectivity index (χ0) is 21.4. The maximum atomic E-state index is 5.72. The molecular formula is C22H35N5O2. The van der Waals surface area contributed by atoms with Crippen molar-refractivity contribution < 1.29 is 9.47 Å². The minimum Gasteiger partial charge on any atom is -0.493 e. The van der Waals surface area contributed by atoms with Crippen LogP contribution in [0.2, 0.25) is 0 Å². The summed E-state index contributed by atoms with van der Waals surface area (Å²) in [6.07, 6.45) is 1.86. The minimum absolute atomic E-state index is 0.224. The SMILES string of the molecule is CCCOc1ccc(CNC(=NC)NC(C)Cc2c(C)nn(C)c2C)cc1OC. The Bertz CT molecular complexity index is 829. The van der Waals surface area contributed by atoms with Crippen molar-refractivity contribution in [3.8, 4) is 11.5 Å². The summed E-state index contributed by atoms with van der Waals surface area (Å²) in [6.45, 7) is 9.72. The molecule has 7 heteroatoms. The van der Waals surface area contributed by atoms with Gasteiger partial charge in [0, 0.05) is 32.4 Å². The van der Waals surface area contributed by atoms with Gasteiger partial charge in [-0.15, -0.1) is 0 Å². The second-order valence-corrected chi connectivity index (χ2v) is 7.28. The third kappa shape index (κ3) is 6.14. The number of hydrogen-bond donors (Lipinski definition) is 2. The summed E-state index contributed by atoms with van der Waals surface area (Å²) in [5.41, 5.74) is 4.67. The predicted octanol–water partition coefficient (Wildman–Crippen LogP) is 3.13. The lowest BCUT2D eigenvalue weighted by Crippen LogP contribution is -2.42. The molecule has 0 saturated carbocycles. The normalized spacial score (nSPS) is 12.6. The molecule has 2 rings (SSSR count). The van der Waals surface area contributed by atoms with Gasteiger partial charge < -0.3 is 20.1 Å². The molecule has 1 unspecified atom stereocenters. The summed E-state index contributed by atoms with van der Waals surface area (Å²) in [4.78, 5) is 4.35. The average Bonchev–Trinajstić information content (AvgIpc) is 2.95. The predicted molar refractivity (Wildman–Crippen MR) is 118 cm³/mol. The molecule has 0 spiro atoms. The van der Waals surface area contributed by atoms with E-state index < -0.39 is 0 Å². The van der Waals surface area contributed by atoms with Crippen LogP contribution in [0.4, 0.5) is 0 Å². The number of nitrogens with zero attached hydrogens (tertiary/aromatic N) is 3. The first-order valence-corrected chi connectivity index (χ1v) is 10.2. The van der Waals surface area contributed by atoms with Gasteiger partial charge in [-0.05, 0) is 56.9 Å². The third-order valence-electron chi connectivity index (χ3n) is 4.93. The van der Waals surface area contributed by atoms with E-state index in [1.54, 1.807) is 14.2 Å². The van der Waals surface area contributed by atoms with Crippen molar-refractivity contribution in [3.63, 3.8) is 0 Å². The molecule has 0 aliphatic rings. The third-order valence-corrected chi connectivity index (χ3v) is 4.93. The summed E-state index contributed by atoms with van der Waals surface area (Å²) in [7, 11) is 5.43. The Labute approximate surface area is 174 Å². The standard InChI is InChI=1S/C22H35N5O2/c1-8-11-29-20-10-9-18(13-21(20)28-7)14-24-22(23-5)25-15(2)12-19-16(3)26-27(6)17(19)4/h9-10,13,15H,8,11-12,14H2,1-7H3,(H2,23,24,25). The molecule has 29 heavy (non-hydrogen) atoms. The number of nitrogens with one attached hydrogen (secondary N) is 2. The van der Waals surface area contributed by atoms with E-state index >= 15 is 0 Å². The summed E-state index contributed by atoms with van der Waals surface area (Å²) in [6, 6.07) is 6.22. The minimum atomic E-state index is 0.224. The first kappa shape index (κ1) is 22.6. The highest BCUT2D eigenvalue weighted by molar-refractivity contribution is 5.80. The molecule has 0 aliphatic heterocycles. The van der Waals surface area contributed by atoms with Gasteiger partial charge in [0.05, 0.1) is 19.4 Å². The molecule has 0 amide bonds. The topological polar surface area (TPSA) is 72.7 Å². The summed E-state index contributed by atoms with van der Waals surface area (Å²) < 4.78 is 13.1. The Balaban J connectivity index is 1.94. The molecule has 2 N–H and O–H groups in total. The van der Waals surface area contributed by atoms with Crippen LogP contribution in [0.15, 0.2) is 23.2 Å². The number of methoxy groups -OCH3 is 1. The van der Waals surface area contributed by atoms with Crippen LogP contribution in [0.3, 0.4) is 0 Å². The summed E-state index contributed by atoms with van der Waals surface area (Å²) in [5, 5.41) is 11.3. The second kappa shape index (κ2) is 10.7. The molecule has 7 nitrogen and oxygen atoms in total. The van der Waals surface area contributed by atoms with Crippen molar-refractivity contribution in [2.45, 2.75) is 53.1 Å². The average molecular weight is 402 g/mol. The molecular weight excluding hydrogens is 366 g/mol. The molecule has 0 fully saturated rings. The fourth-order valence-electron chi connectivity index (χ4n) is 3.24. The molecule has 1 atom stereocenters. The van der Waals surface area contributed by atoms with Crippen molar-refractivity contribution in [2.24, 2.45) is 12.0 Å². The van der Waals surface area contributed by atoms with Gasteiger partial charge in [-0.1, -0.05) is 13.0 Å². The highest BCUT2D eigenvalue weighted by Gasteiger charge is 2.14. The molecule has 0 radical (unpaired) electrons. The number of aliphatic imine (C=N–C) groups is 1. The molecule has 1 aromatic heterocycles. The maximum absolute atomic E-state index is 5.72. The maximum Gasteiger partial charge on any atom is 0.191 e. The zero-order valence-electron chi connectivity index (χ0n) is 18.8. The van der Waals surface area contributed by atoms with Crippen LogP contribution in [0.25, 0.3) is 0 Å². The van der Waals surface area contributed by atoms with Crippen molar-refractivity contribution in [1.29, 1.82) is 0 Å². The van der Waals surface area contributed by atoms with Crippen LogP contribution in [-0.2, 0) is 20.0 Å². The van der Waals surface area contributed by atoms with E-state index in [-0.39, 0.29) is 6.04 Å². The highest BCUT2D eigenvalue weighted by atomic mass is 16.5. The molecule has 0 bridgehead atoms. The lowest BCUT2D eigenvalue weighted by Gasteiger charge is -2.19. The number of aromatic nitrogens is 2. The summed E-state index contributed by atoms with van der Waals surface area (Å²) >= 11 is 0. The number of benzene rings is 1. The Morgan fingerprint density at radius 3 is 2.62 bits per heavy atom. The van der Waals surface area contributed by atoms with E-state index in [0.29, 0.717) is 13.2 Å². The number of aryl methyl sites for hydroxylation is 2. The van der Waals surface area contributed by atoms with Crippen LogP contribution in [-0.4, -0.2) is 42.5 Å². The number of ether oxygens (including phenoxy) is 2. The molecule has 1 aromatic carbocycles. The first-order chi connectivity index (χ1) is 13.9. The van der Waals surface area contributed by atoms with Gasteiger partial charge in [-0.2, -0.15) is 5.10 Å². The van der Waals surface area contributed by atoms with Crippen molar-refractivity contribution in [2.75, 3.05) is 20.8 Å². The van der Waals surface area contributed by atoms with E-state index in [4.69, 9.17) is 9.47 Å². The Morgan fingerprint density at radius 2 is 2.03 bits per heavy atom. The van der Waals surface area contributed by atoms with Crippen molar-refractivity contribution in [1.82, 2.24) is 20.4 Å². The first-order valence-electron chi connectivity index (χ1n) is 10.2. The molecule has 0 aliphatic carbocycles. The van der Waals surface area contributed by atoms with E-state index in [1.165, 1.54) is 11.3 Å². The van der Waals surface area contributed by atoms with Crippen LogP contribution in [0, 0.1) is 13.8 Å². The van der Waals surface area contributed by atoms with Gasteiger partial charge in [-0.25, -0.2) is 0 Å². The van der Waals surface area contributed by atoms with Crippen molar-refractivity contribution in [3.05, 3.63) is 40.7 Å². The summed E-state index contributed by atoms with van der Waals surface area (Å²) in [5.74, 6) is 2.29. The lowest BCUT2D eigenvalue weighted by molar-refractivity contribution is 0.294. The number of guanidine groups is 1.